The van der Waals surface area contributed by atoms with E-state index in [1.807, 2.05) is 13.0 Å². The van der Waals surface area contributed by atoms with Crippen LogP contribution in [-0.2, 0) is 6.54 Å². The second kappa shape index (κ2) is 7.21. The number of aromatic nitrogens is 2. The Morgan fingerprint density at radius 2 is 1.96 bits per heavy atom. The fraction of sp³-hybridized carbons (Fsp3) is 0.222. The van der Waals surface area contributed by atoms with Crippen LogP contribution in [-0.4, -0.2) is 24.4 Å². The number of methoxy groups -OCH3 is 2. The predicted octanol–water partition coefficient (Wildman–Crippen LogP) is 3.81. The molecule has 1 N–H and O–H groups in total. The molecule has 0 spiro atoms. The molecule has 130 valence electrons. The summed E-state index contributed by atoms with van der Waals surface area (Å²) < 4.78 is 28.9. The van der Waals surface area contributed by atoms with Gasteiger partial charge < -0.3 is 19.3 Å². The zero-order chi connectivity index (χ0) is 17.8. The molecule has 1 aromatic heterocycles. The Bertz CT molecular complexity index is 880. The van der Waals surface area contributed by atoms with E-state index in [1.165, 1.54) is 12.1 Å². The molecule has 3 rings (SSSR count). The van der Waals surface area contributed by atoms with E-state index in [0.717, 1.165) is 11.3 Å². The highest BCUT2D eigenvalue weighted by Gasteiger charge is 2.14. The number of hydrogen-bond donors (Lipinski definition) is 1. The molecule has 0 radical (unpaired) electrons. The summed E-state index contributed by atoms with van der Waals surface area (Å²) in [5, 5.41) is 7.15. The number of anilines is 1. The van der Waals surface area contributed by atoms with E-state index in [2.05, 4.69) is 15.5 Å². The number of nitrogens with one attached hydrogen (secondary N) is 1. The number of aryl methyl sites for hydroxylation is 1. The fourth-order valence-electron chi connectivity index (χ4n) is 2.42. The molecule has 0 unspecified atom stereocenters. The van der Waals surface area contributed by atoms with E-state index in [1.54, 1.807) is 32.4 Å². The van der Waals surface area contributed by atoms with Gasteiger partial charge in [-0.3, -0.25) is 0 Å². The number of benzene rings is 2. The van der Waals surface area contributed by atoms with Crippen LogP contribution in [0, 0.1) is 12.7 Å². The van der Waals surface area contributed by atoms with Gasteiger partial charge in [-0.15, -0.1) is 0 Å². The van der Waals surface area contributed by atoms with Crippen molar-refractivity contribution >= 4 is 5.69 Å². The maximum absolute atomic E-state index is 13.1. The average Bonchev–Trinajstić information content (AvgIpc) is 3.09. The zero-order valence-corrected chi connectivity index (χ0v) is 14.2. The lowest BCUT2D eigenvalue weighted by Crippen LogP contribution is -2.01. The van der Waals surface area contributed by atoms with Crippen molar-refractivity contribution in [2.75, 3.05) is 19.5 Å². The van der Waals surface area contributed by atoms with Crippen molar-refractivity contribution in [3.05, 3.63) is 53.7 Å². The first-order valence-electron chi connectivity index (χ1n) is 7.65. The molecular formula is C18H18FN3O3. The van der Waals surface area contributed by atoms with Crippen LogP contribution < -0.4 is 14.8 Å². The molecule has 0 fully saturated rings. The number of rotatable bonds is 6. The van der Waals surface area contributed by atoms with Gasteiger partial charge in [0.05, 0.1) is 26.3 Å². The lowest BCUT2D eigenvalue weighted by molar-refractivity contribution is 0.382. The van der Waals surface area contributed by atoms with Gasteiger partial charge in [-0.1, -0.05) is 5.16 Å². The Kier molecular flexibility index (Phi) is 4.83. The molecule has 0 atom stereocenters. The zero-order valence-electron chi connectivity index (χ0n) is 14.2. The molecule has 0 bridgehead atoms. The number of nitrogens with zero attached hydrogens (tertiary/aromatic N) is 2. The molecule has 6 nitrogen and oxygen atoms in total. The number of halogens is 1. The van der Waals surface area contributed by atoms with E-state index in [9.17, 15) is 4.39 Å². The Hall–Kier alpha value is -3.09. The van der Waals surface area contributed by atoms with Crippen LogP contribution in [0.5, 0.6) is 11.5 Å². The summed E-state index contributed by atoms with van der Waals surface area (Å²) in [5.41, 5.74) is 2.32. The first-order chi connectivity index (χ1) is 12.1. The minimum Gasteiger partial charge on any atom is -0.497 e. The van der Waals surface area contributed by atoms with Crippen molar-refractivity contribution in [3.8, 4) is 22.9 Å². The molecule has 0 saturated heterocycles. The van der Waals surface area contributed by atoms with Crippen molar-refractivity contribution in [1.29, 1.82) is 0 Å². The summed E-state index contributed by atoms with van der Waals surface area (Å²) in [6.45, 7) is 2.16. The molecular weight excluding hydrogens is 325 g/mol. The highest BCUT2D eigenvalue weighted by molar-refractivity contribution is 5.65. The van der Waals surface area contributed by atoms with E-state index >= 15 is 0 Å². The van der Waals surface area contributed by atoms with Gasteiger partial charge in [0.15, 0.2) is 0 Å². The molecule has 0 aliphatic rings. The average molecular weight is 343 g/mol. The first kappa shape index (κ1) is 16.8. The van der Waals surface area contributed by atoms with Crippen molar-refractivity contribution in [1.82, 2.24) is 10.1 Å². The standard InChI is InChI=1S/C18H18FN3O3/c1-11-8-12(19)4-7-15(11)20-10-17-21-18(22-25-17)14-6-5-13(23-2)9-16(14)24-3/h4-9,20H,10H2,1-3H3. The summed E-state index contributed by atoms with van der Waals surface area (Å²) >= 11 is 0. The van der Waals surface area contributed by atoms with Crippen LogP contribution in [0.25, 0.3) is 11.4 Å². The van der Waals surface area contributed by atoms with Crippen LogP contribution in [0.1, 0.15) is 11.5 Å². The SMILES string of the molecule is COc1ccc(-c2noc(CNc3ccc(F)cc3C)n2)c(OC)c1. The van der Waals surface area contributed by atoms with Crippen LogP contribution >= 0.6 is 0 Å². The largest absolute Gasteiger partial charge is 0.497 e. The molecule has 0 aliphatic carbocycles. The summed E-state index contributed by atoms with van der Waals surface area (Å²) in [5.74, 6) is 1.84. The first-order valence-corrected chi connectivity index (χ1v) is 7.65. The maximum atomic E-state index is 13.1. The molecule has 7 heteroatoms. The third kappa shape index (κ3) is 3.71. The molecule has 3 aromatic rings. The van der Waals surface area contributed by atoms with E-state index < -0.39 is 0 Å². The van der Waals surface area contributed by atoms with Crippen LogP contribution in [0.2, 0.25) is 0 Å². The van der Waals surface area contributed by atoms with Gasteiger partial charge in [-0.05, 0) is 42.8 Å². The maximum Gasteiger partial charge on any atom is 0.246 e. The van der Waals surface area contributed by atoms with Crippen LogP contribution in [0.3, 0.4) is 0 Å². The van der Waals surface area contributed by atoms with E-state index in [0.29, 0.717) is 35.3 Å². The lowest BCUT2D eigenvalue weighted by Gasteiger charge is -2.07. The smallest absolute Gasteiger partial charge is 0.246 e. The van der Waals surface area contributed by atoms with E-state index in [4.69, 9.17) is 14.0 Å². The Morgan fingerprint density at radius 1 is 1.12 bits per heavy atom. The second-order valence-electron chi connectivity index (χ2n) is 5.39. The van der Waals surface area contributed by atoms with E-state index in [-0.39, 0.29) is 5.82 Å². The molecule has 25 heavy (non-hydrogen) atoms. The van der Waals surface area contributed by atoms with Gasteiger partial charge >= 0.3 is 0 Å². The fourth-order valence-corrected chi connectivity index (χ4v) is 2.42. The summed E-state index contributed by atoms with van der Waals surface area (Å²) in [7, 11) is 3.15. The van der Waals surface area contributed by atoms with Gasteiger partial charge in [-0.25, -0.2) is 4.39 Å². The number of hydrogen-bond acceptors (Lipinski definition) is 6. The van der Waals surface area contributed by atoms with Gasteiger partial charge in [0, 0.05) is 11.8 Å². The second-order valence-corrected chi connectivity index (χ2v) is 5.39. The predicted molar refractivity (Wildman–Crippen MR) is 91.3 cm³/mol. The molecule has 0 amide bonds. The lowest BCUT2D eigenvalue weighted by atomic mass is 10.2. The summed E-state index contributed by atoms with van der Waals surface area (Å²) in [4.78, 5) is 4.37. The van der Waals surface area contributed by atoms with Gasteiger partial charge in [-0.2, -0.15) is 4.98 Å². The monoisotopic (exact) mass is 343 g/mol. The third-order valence-electron chi connectivity index (χ3n) is 3.74. The Labute approximate surface area is 144 Å². The molecule has 0 aliphatic heterocycles. The summed E-state index contributed by atoms with van der Waals surface area (Å²) in [6, 6.07) is 9.90. The minimum absolute atomic E-state index is 0.269. The van der Waals surface area contributed by atoms with Crippen molar-refractivity contribution < 1.29 is 18.4 Å². The highest BCUT2D eigenvalue weighted by Crippen LogP contribution is 2.31. The topological polar surface area (TPSA) is 69.4 Å². The van der Waals surface area contributed by atoms with Crippen molar-refractivity contribution in [3.63, 3.8) is 0 Å². The molecule has 0 saturated carbocycles. The third-order valence-corrected chi connectivity index (χ3v) is 3.74. The van der Waals surface area contributed by atoms with Crippen molar-refractivity contribution in [2.24, 2.45) is 0 Å². The molecule has 2 aromatic carbocycles. The van der Waals surface area contributed by atoms with Crippen molar-refractivity contribution in [2.45, 2.75) is 13.5 Å². The van der Waals surface area contributed by atoms with Gasteiger partial charge in [0.1, 0.15) is 17.3 Å². The highest BCUT2D eigenvalue weighted by atomic mass is 19.1. The van der Waals surface area contributed by atoms with Crippen LogP contribution in [0.15, 0.2) is 40.9 Å². The van der Waals surface area contributed by atoms with Crippen LogP contribution in [0.4, 0.5) is 10.1 Å². The normalized spacial score (nSPS) is 10.6. The Balaban J connectivity index is 1.76. The molecule has 1 heterocycles. The van der Waals surface area contributed by atoms with Gasteiger partial charge in [0.25, 0.3) is 0 Å². The quantitative estimate of drug-likeness (QED) is 0.734. The summed E-state index contributed by atoms with van der Waals surface area (Å²) in [6.07, 6.45) is 0. The number of ether oxygens (including phenoxy) is 2. The minimum atomic E-state index is -0.269. The van der Waals surface area contributed by atoms with Gasteiger partial charge in [0.2, 0.25) is 11.7 Å². The Morgan fingerprint density at radius 3 is 2.68 bits per heavy atom.